The summed E-state index contributed by atoms with van der Waals surface area (Å²) in [5.41, 5.74) is 1.02. The number of rotatable bonds is 4. The molecule has 1 fully saturated rings. The van der Waals surface area contributed by atoms with Crippen molar-refractivity contribution in [3.63, 3.8) is 0 Å². The molecule has 0 unspecified atom stereocenters. The van der Waals surface area contributed by atoms with Crippen molar-refractivity contribution in [2.45, 2.75) is 18.9 Å². The van der Waals surface area contributed by atoms with Crippen LogP contribution in [0.3, 0.4) is 0 Å². The van der Waals surface area contributed by atoms with Gasteiger partial charge in [-0.15, -0.1) is 0 Å². The zero-order valence-electron chi connectivity index (χ0n) is 9.36. The van der Waals surface area contributed by atoms with E-state index in [0.29, 0.717) is 12.0 Å². The minimum absolute atomic E-state index is 0.359. The van der Waals surface area contributed by atoms with E-state index in [0.717, 1.165) is 24.3 Å². The van der Waals surface area contributed by atoms with Crippen molar-refractivity contribution in [2.24, 2.45) is 0 Å². The number of hydrogen-bond acceptors (Lipinski definition) is 4. The van der Waals surface area contributed by atoms with Crippen LogP contribution in [0.2, 0.25) is 0 Å². The molecular formula is C11H16N2O2. The summed E-state index contributed by atoms with van der Waals surface area (Å²) in [4.78, 5) is 6.20. The lowest BCUT2D eigenvalue weighted by atomic mass is 10.3. The van der Waals surface area contributed by atoms with Crippen LogP contribution in [0, 0.1) is 0 Å². The highest BCUT2D eigenvalue weighted by atomic mass is 16.5. The summed E-state index contributed by atoms with van der Waals surface area (Å²) in [6.45, 7) is 0. The Morgan fingerprint density at radius 1 is 1.40 bits per heavy atom. The molecule has 0 aliphatic heterocycles. The van der Waals surface area contributed by atoms with Crippen LogP contribution in [0.5, 0.6) is 11.6 Å². The normalized spacial score (nSPS) is 14.9. The Balaban J connectivity index is 2.24. The van der Waals surface area contributed by atoms with Crippen LogP contribution in [0.1, 0.15) is 12.8 Å². The molecule has 0 bridgehead atoms. The monoisotopic (exact) mass is 208 g/mol. The van der Waals surface area contributed by atoms with Crippen LogP contribution < -0.4 is 14.4 Å². The van der Waals surface area contributed by atoms with Gasteiger partial charge < -0.3 is 14.4 Å². The van der Waals surface area contributed by atoms with Gasteiger partial charge in [-0.3, -0.25) is 0 Å². The van der Waals surface area contributed by atoms with Gasteiger partial charge in [0.1, 0.15) is 0 Å². The summed E-state index contributed by atoms with van der Waals surface area (Å²) in [5, 5.41) is 0. The van der Waals surface area contributed by atoms with E-state index in [1.54, 1.807) is 13.3 Å². The predicted octanol–water partition coefficient (Wildman–Crippen LogP) is 1.70. The molecule has 0 N–H and O–H groups in total. The molecule has 1 saturated carbocycles. The maximum absolute atomic E-state index is 5.72. The van der Waals surface area contributed by atoms with Crippen LogP contribution in [0.15, 0.2) is 12.3 Å². The Bertz CT molecular complexity index is 348. The van der Waals surface area contributed by atoms with Gasteiger partial charge in [-0.05, 0) is 12.8 Å². The SMILES string of the molecule is COc1ncc(N(C)C)cc1OC1CC1. The van der Waals surface area contributed by atoms with E-state index in [1.807, 2.05) is 25.1 Å². The molecule has 0 atom stereocenters. The number of aromatic nitrogens is 1. The molecule has 0 radical (unpaired) electrons. The molecular weight excluding hydrogens is 192 g/mol. The van der Waals surface area contributed by atoms with Crippen molar-refractivity contribution in [3.8, 4) is 11.6 Å². The quantitative estimate of drug-likeness (QED) is 0.754. The van der Waals surface area contributed by atoms with Crippen molar-refractivity contribution in [1.29, 1.82) is 0 Å². The number of methoxy groups -OCH3 is 1. The van der Waals surface area contributed by atoms with Crippen LogP contribution in [-0.4, -0.2) is 32.3 Å². The summed E-state index contributed by atoms with van der Waals surface area (Å²) < 4.78 is 10.9. The number of pyridine rings is 1. The van der Waals surface area contributed by atoms with E-state index in [4.69, 9.17) is 9.47 Å². The van der Waals surface area contributed by atoms with Gasteiger partial charge in [0.05, 0.1) is 25.1 Å². The lowest BCUT2D eigenvalue weighted by molar-refractivity contribution is 0.277. The average molecular weight is 208 g/mol. The third-order valence-electron chi connectivity index (χ3n) is 2.33. The van der Waals surface area contributed by atoms with Gasteiger partial charge in [0, 0.05) is 20.2 Å². The molecule has 15 heavy (non-hydrogen) atoms. The molecule has 82 valence electrons. The largest absolute Gasteiger partial charge is 0.485 e. The molecule has 0 aromatic carbocycles. The highest BCUT2D eigenvalue weighted by Gasteiger charge is 2.25. The first-order valence-corrected chi connectivity index (χ1v) is 5.08. The highest BCUT2D eigenvalue weighted by molar-refractivity contribution is 5.51. The van der Waals surface area contributed by atoms with Crippen molar-refractivity contribution >= 4 is 5.69 Å². The maximum atomic E-state index is 5.72. The molecule has 1 aromatic heterocycles. The van der Waals surface area contributed by atoms with E-state index < -0.39 is 0 Å². The van der Waals surface area contributed by atoms with Crippen molar-refractivity contribution in [2.75, 3.05) is 26.1 Å². The van der Waals surface area contributed by atoms with Crippen LogP contribution in [-0.2, 0) is 0 Å². The molecule has 2 rings (SSSR count). The second kappa shape index (κ2) is 3.96. The summed E-state index contributed by atoms with van der Waals surface area (Å²) >= 11 is 0. The second-order valence-electron chi connectivity index (χ2n) is 3.91. The number of anilines is 1. The molecule has 1 aliphatic rings. The molecule has 0 saturated heterocycles. The minimum Gasteiger partial charge on any atom is -0.485 e. The van der Waals surface area contributed by atoms with Crippen molar-refractivity contribution < 1.29 is 9.47 Å². The molecule has 4 heteroatoms. The Morgan fingerprint density at radius 2 is 2.13 bits per heavy atom. The summed E-state index contributed by atoms with van der Waals surface area (Å²) in [6.07, 6.45) is 4.40. The van der Waals surface area contributed by atoms with Crippen molar-refractivity contribution in [1.82, 2.24) is 4.98 Å². The van der Waals surface area contributed by atoms with Crippen LogP contribution in [0.25, 0.3) is 0 Å². The smallest absolute Gasteiger partial charge is 0.256 e. The maximum Gasteiger partial charge on any atom is 0.256 e. The summed E-state index contributed by atoms with van der Waals surface area (Å²) in [7, 11) is 5.56. The number of ether oxygens (including phenoxy) is 2. The molecule has 0 amide bonds. The van der Waals surface area contributed by atoms with Gasteiger partial charge in [-0.25, -0.2) is 4.98 Å². The zero-order valence-corrected chi connectivity index (χ0v) is 9.36. The molecule has 1 heterocycles. The fourth-order valence-electron chi connectivity index (χ4n) is 1.27. The third-order valence-corrected chi connectivity index (χ3v) is 2.33. The van der Waals surface area contributed by atoms with Gasteiger partial charge in [0.2, 0.25) is 0 Å². The molecule has 0 spiro atoms. The Hall–Kier alpha value is -1.45. The first-order chi connectivity index (χ1) is 7.20. The lowest BCUT2D eigenvalue weighted by Gasteiger charge is -2.15. The van der Waals surface area contributed by atoms with Gasteiger partial charge in [0.15, 0.2) is 5.75 Å². The fraction of sp³-hybridized carbons (Fsp3) is 0.545. The molecule has 4 nitrogen and oxygen atoms in total. The molecule has 1 aliphatic carbocycles. The zero-order chi connectivity index (χ0) is 10.8. The fourth-order valence-corrected chi connectivity index (χ4v) is 1.27. The Labute approximate surface area is 89.8 Å². The van der Waals surface area contributed by atoms with E-state index >= 15 is 0 Å². The summed E-state index contributed by atoms with van der Waals surface area (Å²) in [6, 6.07) is 1.96. The van der Waals surface area contributed by atoms with Gasteiger partial charge in [0.25, 0.3) is 5.88 Å². The standard InChI is InChI=1S/C11H16N2O2/c1-13(2)8-6-10(15-9-4-5-9)11(14-3)12-7-8/h6-7,9H,4-5H2,1-3H3. The summed E-state index contributed by atoms with van der Waals surface area (Å²) in [5.74, 6) is 1.30. The minimum atomic E-state index is 0.359. The van der Waals surface area contributed by atoms with Gasteiger partial charge in [-0.2, -0.15) is 0 Å². The first-order valence-electron chi connectivity index (χ1n) is 5.08. The Kier molecular flexibility index (Phi) is 2.66. The first kappa shape index (κ1) is 10.1. The number of hydrogen-bond donors (Lipinski definition) is 0. The highest BCUT2D eigenvalue weighted by Crippen LogP contribution is 2.34. The average Bonchev–Trinajstić information content (AvgIpc) is 3.01. The van der Waals surface area contributed by atoms with E-state index in [2.05, 4.69) is 4.98 Å². The van der Waals surface area contributed by atoms with Crippen molar-refractivity contribution in [3.05, 3.63) is 12.3 Å². The molecule has 1 aromatic rings. The lowest BCUT2D eigenvalue weighted by Crippen LogP contribution is -2.10. The van der Waals surface area contributed by atoms with E-state index in [9.17, 15) is 0 Å². The number of nitrogens with zero attached hydrogens (tertiary/aromatic N) is 2. The van der Waals surface area contributed by atoms with Crippen LogP contribution >= 0.6 is 0 Å². The predicted molar refractivity (Wildman–Crippen MR) is 58.8 cm³/mol. The van der Waals surface area contributed by atoms with Gasteiger partial charge in [-0.1, -0.05) is 0 Å². The van der Waals surface area contributed by atoms with E-state index in [-0.39, 0.29) is 0 Å². The third kappa shape index (κ3) is 2.32. The van der Waals surface area contributed by atoms with E-state index in [1.165, 1.54) is 0 Å². The topological polar surface area (TPSA) is 34.6 Å². The Morgan fingerprint density at radius 3 is 2.67 bits per heavy atom. The second-order valence-corrected chi connectivity index (χ2v) is 3.91. The van der Waals surface area contributed by atoms with Gasteiger partial charge >= 0.3 is 0 Å². The van der Waals surface area contributed by atoms with Crippen LogP contribution in [0.4, 0.5) is 5.69 Å².